The van der Waals surface area contributed by atoms with E-state index in [-0.39, 0.29) is 35.7 Å². The van der Waals surface area contributed by atoms with Crippen molar-refractivity contribution in [3.63, 3.8) is 0 Å². The Balaban J connectivity index is 1.34. The summed E-state index contributed by atoms with van der Waals surface area (Å²) >= 11 is 0. The summed E-state index contributed by atoms with van der Waals surface area (Å²) in [5, 5.41) is 27.2. The lowest BCUT2D eigenvalue weighted by atomic mass is 9.95. The number of ether oxygens (including phenoxy) is 4. The van der Waals surface area contributed by atoms with Crippen LogP contribution in [0.15, 0.2) is 109 Å². The van der Waals surface area contributed by atoms with Crippen molar-refractivity contribution < 1.29 is 65.1 Å². The van der Waals surface area contributed by atoms with E-state index in [1.165, 1.54) is 46.6 Å². The third-order valence-corrected chi connectivity index (χ3v) is 13.1. The number of rotatable bonds is 22. The number of phosphoric ester groups is 1. The number of nitrogens with one attached hydrogen (secondary N) is 2. The van der Waals surface area contributed by atoms with E-state index in [1.807, 2.05) is 18.2 Å². The first-order chi connectivity index (χ1) is 32.0. The Kier molecular flexibility index (Phi) is 16.7. The minimum absolute atomic E-state index is 0.0694. The molecular formula is C45H52N6O14P2. The van der Waals surface area contributed by atoms with Gasteiger partial charge in [-0.3, -0.25) is 42.5 Å². The summed E-state index contributed by atoms with van der Waals surface area (Å²) in [6.45, 7) is 5.97. The van der Waals surface area contributed by atoms with Crippen LogP contribution in [0.5, 0.6) is 5.75 Å². The fourth-order valence-electron chi connectivity index (χ4n) is 6.51. The molecule has 22 heteroatoms. The number of esters is 3. The number of para-hydroxylation sites is 1. The molecule has 0 unspecified atom stereocenters. The molecule has 0 aliphatic carbocycles. The maximum Gasteiger partial charge on any atom is 0.477 e. The highest BCUT2D eigenvalue weighted by atomic mass is 31.2. The minimum atomic E-state index is -4.63. The molecule has 67 heavy (non-hydrogen) atoms. The Hall–Kier alpha value is -6.00. The van der Waals surface area contributed by atoms with Crippen molar-refractivity contribution in [3.8, 4) is 11.8 Å². The molecule has 3 aromatic carbocycles. The molecule has 2 aromatic heterocycles. The van der Waals surface area contributed by atoms with E-state index in [9.17, 15) is 28.8 Å². The number of aromatic nitrogens is 3. The van der Waals surface area contributed by atoms with Crippen molar-refractivity contribution in [2.45, 2.75) is 84.5 Å². The highest BCUT2D eigenvalue weighted by Crippen LogP contribution is 2.52. The average Bonchev–Trinajstić information content (AvgIpc) is 3.89. The number of fused-ring (bicyclic) bond motifs is 1. The number of hydrogen-bond acceptors (Lipinski definition) is 17. The molecule has 0 spiro atoms. The average molecular weight is 963 g/mol. The molecular weight excluding hydrogens is 910 g/mol. The summed E-state index contributed by atoms with van der Waals surface area (Å²) < 4.78 is 83.2. The molecule has 1 aliphatic heterocycles. The second-order valence-corrected chi connectivity index (χ2v) is 19.2. The summed E-state index contributed by atoms with van der Waals surface area (Å²) in [6, 6.07) is 29.7. The number of carbonyl (C=O) groups is 3. The quantitative estimate of drug-likeness (QED) is 0.0404. The van der Waals surface area contributed by atoms with E-state index < -0.39 is 88.6 Å². The Labute approximate surface area is 386 Å². The highest BCUT2D eigenvalue weighted by Gasteiger charge is 2.62. The lowest BCUT2D eigenvalue weighted by Gasteiger charge is -2.31. The van der Waals surface area contributed by atoms with Gasteiger partial charge in [0.2, 0.25) is 5.60 Å². The normalized spacial score (nSPS) is 19.7. The van der Waals surface area contributed by atoms with Crippen LogP contribution in [-0.4, -0.2) is 69.7 Å². The first-order valence-corrected chi connectivity index (χ1v) is 24.1. The van der Waals surface area contributed by atoms with Crippen LogP contribution in [0.4, 0.5) is 0 Å². The van der Waals surface area contributed by atoms with Crippen LogP contribution in [0.2, 0.25) is 0 Å². The van der Waals surface area contributed by atoms with E-state index in [2.05, 4.69) is 10.2 Å². The van der Waals surface area contributed by atoms with E-state index in [4.69, 9.17) is 47.0 Å². The van der Waals surface area contributed by atoms with Crippen molar-refractivity contribution in [1.29, 1.82) is 10.7 Å². The number of methoxy groups -OCH3 is 1. The van der Waals surface area contributed by atoms with Gasteiger partial charge in [0.1, 0.15) is 49.1 Å². The summed E-state index contributed by atoms with van der Waals surface area (Å²) in [6.07, 6.45) is -3.53. The fourth-order valence-corrected chi connectivity index (χ4v) is 9.14. The van der Waals surface area contributed by atoms with Gasteiger partial charge in [0.05, 0.1) is 37.9 Å². The zero-order valence-corrected chi connectivity index (χ0v) is 39.4. The summed E-state index contributed by atoms with van der Waals surface area (Å²) in [5.74, 6) is -3.73. The molecule has 1 fully saturated rings. The van der Waals surface area contributed by atoms with Crippen LogP contribution in [0.25, 0.3) is 5.52 Å². The molecule has 0 bridgehead atoms. The second-order valence-electron chi connectivity index (χ2n) is 15.9. The molecule has 0 saturated carbocycles. The minimum Gasteiger partial charge on any atom is -0.468 e. The molecule has 356 valence electrons. The number of nitrogens with zero attached hydrogens (tertiary/aromatic N) is 4. The van der Waals surface area contributed by atoms with Crippen molar-refractivity contribution >= 4 is 39.0 Å². The predicted molar refractivity (Wildman–Crippen MR) is 237 cm³/mol. The largest absolute Gasteiger partial charge is 0.477 e. The molecule has 1 saturated heterocycles. The number of benzene rings is 3. The predicted octanol–water partition coefficient (Wildman–Crippen LogP) is 6.96. The third-order valence-electron chi connectivity index (χ3n) is 10.2. The van der Waals surface area contributed by atoms with Crippen LogP contribution in [-0.2, 0) is 80.5 Å². The molecule has 0 amide bonds. The highest BCUT2D eigenvalue weighted by molar-refractivity contribution is 7.52. The van der Waals surface area contributed by atoms with Crippen molar-refractivity contribution in [2.75, 3.05) is 13.7 Å². The first-order valence-electron chi connectivity index (χ1n) is 21.1. The molecule has 0 radical (unpaired) electrons. The maximum atomic E-state index is 14.5. The first kappa shape index (κ1) is 50.4. The van der Waals surface area contributed by atoms with Gasteiger partial charge in [0.25, 0.3) is 0 Å². The molecule has 6 atom stereocenters. The molecule has 3 heterocycles. The molecule has 6 rings (SSSR count). The summed E-state index contributed by atoms with van der Waals surface area (Å²) in [4.78, 5) is 39.3. The van der Waals surface area contributed by atoms with Crippen LogP contribution >= 0.6 is 15.6 Å². The van der Waals surface area contributed by atoms with Gasteiger partial charge in [-0.2, -0.15) is 15.4 Å². The number of phosphoric acid groups is 1. The number of carbonyl (C=O) groups excluding carboxylic acids is 3. The van der Waals surface area contributed by atoms with Crippen LogP contribution < -0.4 is 15.1 Å². The summed E-state index contributed by atoms with van der Waals surface area (Å²) in [7, 11) is -7.78. The van der Waals surface area contributed by atoms with E-state index in [0.29, 0.717) is 11.1 Å². The van der Waals surface area contributed by atoms with Gasteiger partial charge >= 0.3 is 33.5 Å². The Morgan fingerprint density at radius 1 is 0.806 bits per heavy atom. The second kappa shape index (κ2) is 22.2. The molecule has 5 aromatic rings. The van der Waals surface area contributed by atoms with Crippen LogP contribution in [0, 0.1) is 28.6 Å². The van der Waals surface area contributed by atoms with Gasteiger partial charge in [0.15, 0.2) is 17.7 Å². The van der Waals surface area contributed by atoms with E-state index in [1.54, 1.807) is 94.4 Å². The lowest BCUT2D eigenvalue weighted by molar-refractivity contribution is -0.173. The standard InChI is InChI=1S/C45H52N6O14P2/c1-30(2)42(52)62-39-38(64-45(26-46,40(39)63-43(53)31(3)4)27-60-66(55,49-32(5)44(54)57-6)65-35-20-14-9-15-21-35)36-22-23-37-41(47)50(28-48-51(36)37)29-61-67(56,58-24-33-16-10-7-11-17-33)59-25-34-18-12-8-13-19-34/h7-23,28,30-32,38-40,47H,24-25,27,29H2,1-6H3,(H,49,55)/t32-,38-,39-,40-,45+,66-/m0/s1. The maximum absolute atomic E-state index is 14.5. The van der Waals surface area contributed by atoms with Gasteiger partial charge in [-0.25, -0.2) is 13.6 Å². The Morgan fingerprint density at radius 3 is 1.93 bits per heavy atom. The lowest BCUT2D eigenvalue weighted by Crippen LogP contribution is -2.50. The Bertz CT molecular complexity index is 2650. The third kappa shape index (κ3) is 12.5. The summed E-state index contributed by atoms with van der Waals surface area (Å²) in [5.41, 5.74) is -0.870. The van der Waals surface area contributed by atoms with Gasteiger partial charge in [-0.1, -0.05) is 107 Å². The zero-order chi connectivity index (χ0) is 48.4. The number of hydrogen-bond donors (Lipinski definition) is 2. The van der Waals surface area contributed by atoms with Crippen LogP contribution in [0.1, 0.15) is 57.5 Å². The van der Waals surface area contributed by atoms with Gasteiger partial charge < -0.3 is 23.5 Å². The molecule has 1 aliphatic rings. The smallest absolute Gasteiger partial charge is 0.468 e. The Morgan fingerprint density at radius 2 is 1.37 bits per heavy atom. The van der Waals surface area contributed by atoms with Gasteiger partial charge in [0, 0.05) is 0 Å². The van der Waals surface area contributed by atoms with Crippen molar-refractivity contribution in [1.82, 2.24) is 19.3 Å². The van der Waals surface area contributed by atoms with E-state index in [0.717, 1.165) is 7.11 Å². The molecule has 2 N–H and O–H groups in total. The topological polar surface area (TPSA) is 250 Å². The fraction of sp³-hybridized carbons (Fsp3) is 0.378. The number of nitriles is 1. The van der Waals surface area contributed by atoms with Crippen LogP contribution in [0.3, 0.4) is 0 Å². The molecule has 20 nitrogen and oxygen atoms in total. The zero-order valence-electron chi connectivity index (χ0n) is 37.6. The van der Waals surface area contributed by atoms with Crippen molar-refractivity contribution in [2.24, 2.45) is 11.8 Å². The SMILES string of the molecule is COC(=O)[C@H](C)N[P@](=O)(OC[C@@]1(C#N)O[C@@H](c2ccc3c(=N)n(COP(=O)(OCc4ccccc4)OCc4ccccc4)cnn23)[C@H](OC(=O)C(C)C)[C@@H]1OC(=O)C(C)C)Oc1ccccc1. The van der Waals surface area contributed by atoms with E-state index >= 15 is 0 Å². The van der Waals surface area contributed by atoms with Gasteiger partial charge in [-0.15, -0.1) is 0 Å². The van der Waals surface area contributed by atoms with Gasteiger partial charge in [-0.05, 0) is 42.3 Å². The monoisotopic (exact) mass is 962 g/mol. The van der Waals surface area contributed by atoms with Crippen molar-refractivity contribution in [3.05, 3.63) is 132 Å².